The number of nitrogens with two attached hydrogens (primary N) is 1. The SMILES string of the molecule is NC1=CC=C(c2cc3nc(Br)ccc3[nH]2)CC1. The first-order chi connectivity index (χ1) is 8.22. The Kier molecular flexibility index (Phi) is 2.52. The molecule has 0 aromatic carbocycles. The fourth-order valence-electron chi connectivity index (χ4n) is 2.03. The van der Waals surface area contributed by atoms with E-state index in [-0.39, 0.29) is 0 Å². The van der Waals surface area contributed by atoms with Gasteiger partial charge in [0.25, 0.3) is 0 Å². The molecule has 2 aromatic rings. The maximum atomic E-state index is 5.76. The number of aromatic nitrogens is 2. The highest BCUT2D eigenvalue weighted by atomic mass is 79.9. The molecule has 3 nitrogen and oxygen atoms in total. The minimum atomic E-state index is 0.859. The van der Waals surface area contributed by atoms with Crippen molar-refractivity contribution in [3.8, 4) is 0 Å². The van der Waals surface area contributed by atoms with Crippen LogP contribution in [0.2, 0.25) is 0 Å². The summed E-state index contributed by atoms with van der Waals surface area (Å²) in [5.74, 6) is 0. The molecule has 0 bridgehead atoms. The van der Waals surface area contributed by atoms with Crippen LogP contribution in [-0.4, -0.2) is 9.97 Å². The van der Waals surface area contributed by atoms with Gasteiger partial charge in [-0.1, -0.05) is 6.08 Å². The third-order valence-corrected chi connectivity index (χ3v) is 3.41. The number of aromatic amines is 1. The molecule has 1 aliphatic carbocycles. The van der Waals surface area contributed by atoms with Gasteiger partial charge in [-0.2, -0.15) is 0 Å². The lowest BCUT2D eigenvalue weighted by Crippen LogP contribution is -2.01. The van der Waals surface area contributed by atoms with Crippen LogP contribution in [0.15, 0.2) is 40.7 Å². The molecule has 2 heterocycles. The van der Waals surface area contributed by atoms with Crippen LogP contribution >= 0.6 is 15.9 Å². The van der Waals surface area contributed by atoms with Crippen LogP contribution < -0.4 is 5.73 Å². The number of rotatable bonds is 1. The van der Waals surface area contributed by atoms with Gasteiger partial charge in [0.15, 0.2) is 0 Å². The monoisotopic (exact) mass is 289 g/mol. The quantitative estimate of drug-likeness (QED) is 0.791. The smallest absolute Gasteiger partial charge is 0.106 e. The molecular formula is C13H12BrN3. The second-order valence-electron chi connectivity index (χ2n) is 4.18. The van der Waals surface area contributed by atoms with Gasteiger partial charge in [0, 0.05) is 11.4 Å². The van der Waals surface area contributed by atoms with E-state index in [0.717, 1.165) is 39.9 Å². The number of hydrogen-bond acceptors (Lipinski definition) is 2. The summed E-state index contributed by atoms with van der Waals surface area (Å²) >= 11 is 3.38. The van der Waals surface area contributed by atoms with Gasteiger partial charge in [0.05, 0.1) is 11.0 Å². The van der Waals surface area contributed by atoms with Gasteiger partial charge in [-0.3, -0.25) is 0 Å². The predicted molar refractivity (Wildman–Crippen MR) is 73.3 cm³/mol. The number of nitrogens with one attached hydrogen (secondary N) is 1. The number of halogens is 1. The summed E-state index contributed by atoms with van der Waals surface area (Å²) in [5.41, 5.74) is 11.2. The zero-order valence-electron chi connectivity index (χ0n) is 9.20. The van der Waals surface area contributed by atoms with Crippen LogP contribution in [0.3, 0.4) is 0 Å². The van der Waals surface area contributed by atoms with Crippen LogP contribution in [0, 0.1) is 0 Å². The Morgan fingerprint density at radius 1 is 1.24 bits per heavy atom. The molecule has 0 saturated heterocycles. The van der Waals surface area contributed by atoms with Gasteiger partial charge < -0.3 is 10.7 Å². The Bertz CT molecular complexity index is 637. The number of allylic oxidation sites excluding steroid dienone is 4. The third kappa shape index (κ3) is 2.00. The van der Waals surface area contributed by atoms with Gasteiger partial charge in [0.2, 0.25) is 0 Å². The average Bonchev–Trinajstić information content (AvgIpc) is 2.72. The first-order valence-corrected chi connectivity index (χ1v) is 6.32. The van der Waals surface area contributed by atoms with E-state index in [1.807, 2.05) is 18.2 Å². The zero-order valence-corrected chi connectivity index (χ0v) is 10.8. The summed E-state index contributed by atoms with van der Waals surface area (Å²) in [6.45, 7) is 0. The number of pyridine rings is 1. The lowest BCUT2D eigenvalue weighted by atomic mass is 10.0. The maximum Gasteiger partial charge on any atom is 0.106 e. The summed E-state index contributed by atoms with van der Waals surface area (Å²) in [6.07, 6.45) is 5.97. The Morgan fingerprint density at radius 2 is 2.12 bits per heavy atom. The van der Waals surface area contributed by atoms with E-state index >= 15 is 0 Å². The molecule has 0 atom stereocenters. The summed E-state index contributed by atoms with van der Waals surface area (Å²) < 4.78 is 0.859. The first kappa shape index (κ1) is 10.6. The summed E-state index contributed by atoms with van der Waals surface area (Å²) in [6, 6.07) is 6.06. The lowest BCUT2D eigenvalue weighted by Gasteiger charge is -2.09. The molecule has 0 saturated carbocycles. The van der Waals surface area contributed by atoms with E-state index in [9.17, 15) is 0 Å². The highest BCUT2D eigenvalue weighted by molar-refractivity contribution is 9.10. The number of hydrogen-bond donors (Lipinski definition) is 2. The number of fused-ring (bicyclic) bond motifs is 1. The van der Waals surface area contributed by atoms with E-state index in [4.69, 9.17) is 5.73 Å². The third-order valence-electron chi connectivity index (χ3n) is 2.97. The van der Waals surface area contributed by atoms with Gasteiger partial charge in [-0.15, -0.1) is 0 Å². The van der Waals surface area contributed by atoms with Crippen molar-refractivity contribution in [2.45, 2.75) is 12.8 Å². The number of nitrogens with zero attached hydrogens (tertiary/aromatic N) is 1. The van der Waals surface area contributed by atoms with Gasteiger partial charge in [0.1, 0.15) is 4.60 Å². The van der Waals surface area contributed by atoms with Crippen molar-refractivity contribution in [3.05, 3.63) is 46.3 Å². The topological polar surface area (TPSA) is 54.7 Å². The molecule has 2 aromatic heterocycles. The van der Waals surface area contributed by atoms with Crippen LogP contribution in [0.4, 0.5) is 0 Å². The van der Waals surface area contributed by atoms with Crippen molar-refractivity contribution in [2.24, 2.45) is 5.73 Å². The highest BCUT2D eigenvalue weighted by Gasteiger charge is 2.09. The lowest BCUT2D eigenvalue weighted by molar-refractivity contribution is 0.954. The molecule has 3 rings (SSSR count). The molecule has 1 aliphatic rings. The highest BCUT2D eigenvalue weighted by Crippen LogP contribution is 2.27. The van der Waals surface area contributed by atoms with Crippen LogP contribution in [0.1, 0.15) is 18.5 Å². The van der Waals surface area contributed by atoms with Crippen molar-refractivity contribution in [2.75, 3.05) is 0 Å². The second kappa shape index (κ2) is 4.04. The molecular weight excluding hydrogens is 278 g/mol. The van der Waals surface area contributed by atoms with Crippen LogP contribution in [0.5, 0.6) is 0 Å². The Balaban J connectivity index is 2.07. The largest absolute Gasteiger partial charge is 0.402 e. The van der Waals surface area contributed by atoms with Crippen LogP contribution in [-0.2, 0) is 0 Å². The van der Waals surface area contributed by atoms with E-state index in [1.54, 1.807) is 0 Å². The second-order valence-corrected chi connectivity index (χ2v) is 5.00. The summed E-state index contributed by atoms with van der Waals surface area (Å²) in [5, 5.41) is 0. The zero-order chi connectivity index (χ0) is 11.8. The number of H-pyrrole nitrogens is 1. The molecule has 0 unspecified atom stereocenters. The fraction of sp³-hybridized carbons (Fsp3) is 0.154. The van der Waals surface area contributed by atoms with Gasteiger partial charge in [-0.05, 0) is 58.6 Å². The molecule has 86 valence electrons. The molecule has 17 heavy (non-hydrogen) atoms. The normalized spacial score (nSPS) is 15.8. The minimum absolute atomic E-state index is 0.859. The van der Waals surface area contributed by atoms with Gasteiger partial charge in [-0.25, -0.2) is 4.98 Å². The van der Waals surface area contributed by atoms with E-state index in [0.29, 0.717) is 0 Å². The molecule has 3 N–H and O–H groups in total. The molecule has 0 aliphatic heterocycles. The standard InChI is InChI=1S/C13H12BrN3/c14-13-6-5-10-12(17-13)7-11(16-10)8-1-3-9(15)4-2-8/h1,3,5-7,16H,2,4,15H2. The minimum Gasteiger partial charge on any atom is -0.402 e. The molecule has 0 radical (unpaired) electrons. The predicted octanol–water partition coefficient (Wildman–Crippen LogP) is 3.35. The van der Waals surface area contributed by atoms with Gasteiger partial charge >= 0.3 is 0 Å². The maximum absolute atomic E-state index is 5.76. The van der Waals surface area contributed by atoms with Crippen molar-refractivity contribution in [3.63, 3.8) is 0 Å². The van der Waals surface area contributed by atoms with E-state index in [2.05, 4.69) is 38.0 Å². The Labute approximate surface area is 108 Å². The molecule has 4 heteroatoms. The van der Waals surface area contributed by atoms with Crippen LogP contribution in [0.25, 0.3) is 16.6 Å². The Morgan fingerprint density at radius 3 is 2.88 bits per heavy atom. The van der Waals surface area contributed by atoms with Crippen molar-refractivity contribution >= 4 is 32.5 Å². The fourth-order valence-corrected chi connectivity index (χ4v) is 2.36. The Hall–Kier alpha value is -1.55. The molecule has 0 fully saturated rings. The van der Waals surface area contributed by atoms with E-state index < -0.39 is 0 Å². The van der Waals surface area contributed by atoms with Crippen molar-refractivity contribution in [1.82, 2.24) is 9.97 Å². The molecule has 0 amide bonds. The molecule has 0 spiro atoms. The first-order valence-electron chi connectivity index (χ1n) is 5.53. The average molecular weight is 290 g/mol. The summed E-state index contributed by atoms with van der Waals surface area (Å²) in [4.78, 5) is 7.81. The van der Waals surface area contributed by atoms with E-state index in [1.165, 1.54) is 5.57 Å². The van der Waals surface area contributed by atoms with Crippen molar-refractivity contribution in [1.29, 1.82) is 0 Å². The van der Waals surface area contributed by atoms with Crippen molar-refractivity contribution < 1.29 is 0 Å². The summed E-state index contributed by atoms with van der Waals surface area (Å²) in [7, 11) is 0.